The number of hydrogen-bond donors (Lipinski definition) is 0. The lowest BCUT2D eigenvalue weighted by atomic mass is 10.0. The van der Waals surface area contributed by atoms with Crippen molar-refractivity contribution in [3.63, 3.8) is 0 Å². The number of rotatable bonds is 5. The topological polar surface area (TPSA) is 60.4 Å². The molecule has 122 valence electrons. The average Bonchev–Trinajstić information content (AvgIpc) is 2.52. The van der Waals surface area contributed by atoms with Crippen LogP contribution in [0.5, 0.6) is 5.75 Å². The van der Waals surface area contributed by atoms with Gasteiger partial charge in [-0.3, -0.25) is 4.79 Å². The molecule has 0 aromatic heterocycles. The monoisotopic (exact) mass is 416 g/mol. The Morgan fingerprint density at radius 2 is 1.78 bits per heavy atom. The largest absolute Gasteiger partial charge is 0.495 e. The average molecular weight is 418 g/mol. The second-order valence-corrected chi connectivity index (χ2v) is 8.26. The number of hydrogen-bond acceptors (Lipinski definition) is 4. The van der Waals surface area contributed by atoms with Crippen molar-refractivity contribution in [1.82, 2.24) is 0 Å². The lowest BCUT2D eigenvalue weighted by Gasteiger charge is -2.11. The Morgan fingerprint density at radius 3 is 2.26 bits per heavy atom. The van der Waals surface area contributed by atoms with E-state index in [9.17, 15) is 13.2 Å². The van der Waals surface area contributed by atoms with E-state index in [1.165, 1.54) is 19.2 Å². The predicted octanol–water partition coefficient (Wildman–Crippen LogP) is 4.07. The maximum absolute atomic E-state index is 12.5. The smallest absolute Gasteiger partial charge is 0.180 e. The highest BCUT2D eigenvalue weighted by atomic mass is 79.9. The van der Waals surface area contributed by atoms with Crippen LogP contribution in [0, 0.1) is 0 Å². The minimum atomic E-state index is -3.26. The van der Waals surface area contributed by atoms with Gasteiger partial charge in [-0.05, 0) is 35.9 Å². The predicted molar refractivity (Wildman–Crippen MR) is 93.6 cm³/mol. The summed E-state index contributed by atoms with van der Waals surface area (Å²) in [4.78, 5) is 12.1. The number of methoxy groups -OCH3 is 1. The molecule has 0 aliphatic rings. The molecular formula is C16H14BrClO4S. The molecule has 23 heavy (non-hydrogen) atoms. The second kappa shape index (κ2) is 7.03. The second-order valence-electron chi connectivity index (χ2n) is 4.92. The molecule has 4 nitrogen and oxygen atoms in total. The van der Waals surface area contributed by atoms with Crippen LogP contribution in [0.2, 0.25) is 5.02 Å². The van der Waals surface area contributed by atoms with E-state index in [0.29, 0.717) is 21.9 Å². The van der Waals surface area contributed by atoms with Crippen molar-refractivity contribution >= 4 is 43.2 Å². The number of benzene rings is 2. The maximum Gasteiger partial charge on any atom is 0.180 e. The molecule has 0 amide bonds. The molecule has 2 rings (SSSR count). The Morgan fingerprint density at radius 1 is 1.17 bits per heavy atom. The normalized spacial score (nSPS) is 12.7. The Labute approximate surface area is 148 Å². The lowest BCUT2D eigenvalue weighted by Crippen LogP contribution is -2.07. The van der Waals surface area contributed by atoms with Crippen LogP contribution >= 0.6 is 27.5 Å². The van der Waals surface area contributed by atoms with Crippen molar-refractivity contribution in [1.29, 1.82) is 0 Å². The number of carbonyl (C=O) groups is 1. The highest BCUT2D eigenvalue weighted by molar-refractivity contribution is 9.09. The number of sulfone groups is 1. The van der Waals surface area contributed by atoms with Gasteiger partial charge in [0, 0.05) is 11.8 Å². The number of Topliss-reactive ketones (excluding diaryl/α,β-unsaturated/α-hetero) is 1. The van der Waals surface area contributed by atoms with Crippen molar-refractivity contribution in [3.8, 4) is 5.75 Å². The molecule has 0 spiro atoms. The van der Waals surface area contributed by atoms with Crippen LogP contribution in [0.3, 0.4) is 0 Å². The highest BCUT2D eigenvalue weighted by Crippen LogP contribution is 2.31. The molecule has 0 heterocycles. The summed E-state index contributed by atoms with van der Waals surface area (Å²) in [6, 6.07) is 11.0. The molecule has 0 saturated heterocycles. The summed E-state index contributed by atoms with van der Waals surface area (Å²) in [7, 11) is -1.76. The van der Waals surface area contributed by atoms with Crippen molar-refractivity contribution in [2.24, 2.45) is 0 Å². The Balaban J connectivity index is 2.27. The van der Waals surface area contributed by atoms with E-state index in [1.807, 2.05) is 0 Å². The van der Waals surface area contributed by atoms with Gasteiger partial charge in [0.2, 0.25) is 0 Å². The molecule has 1 unspecified atom stereocenters. The van der Waals surface area contributed by atoms with Crippen LogP contribution in [0.25, 0.3) is 0 Å². The number of alkyl halides is 1. The van der Waals surface area contributed by atoms with Crippen LogP contribution in [0.4, 0.5) is 0 Å². The van der Waals surface area contributed by atoms with Gasteiger partial charge in [0.25, 0.3) is 0 Å². The van der Waals surface area contributed by atoms with Gasteiger partial charge in [-0.2, -0.15) is 0 Å². The van der Waals surface area contributed by atoms with Gasteiger partial charge in [0.15, 0.2) is 15.6 Å². The fraction of sp³-hybridized carbons (Fsp3) is 0.188. The van der Waals surface area contributed by atoms with Crippen LogP contribution < -0.4 is 4.74 Å². The van der Waals surface area contributed by atoms with E-state index in [1.54, 1.807) is 30.3 Å². The van der Waals surface area contributed by atoms with E-state index in [0.717, 1.165) is 6.26 Å². The highest BCUT2D eigenvalue weighted by Gasteiger charge is 2.20. The van der Waals surface area contributed by atoms with Gasteiger partial charge in [-0.15, -0.1) is 0 Å². The molecule has 2 aromatic carbocycles. The molecule has 0 radical (unpaired) electrons. The van der Waals surface area contributed by atoms with Crippen molar-refractivity contribution in [3.05, 3.63) is 58.6 Å². The van der Waals surface area contributed by atoms with E-state index in [4.69, 9.17) is 16.3 Å². The summed E-state index contributed by atoms with van der Waals surface area (Å²) in [5.41, 5.74) is 1.10. The van der Waals surface area contributed by atoms with Gasteiger partial charge >= 0.3 is 0 Å². The minimum Gasteiger partial charge on any atom is -0.495 e. The van der Waals surface area contributed by atoms with E-state index in [2.05, 4.69) is 15.9 Å². The number of ketones is 1. The first-order valence-electron chi connectivity index (χ1n) is 6.56. The van der Waals surface area contributed by atoms with Crippen molar-refractivity contribution in [2.45, 2.75) is 9.72 Å². The van der Waals surface area contributed by atoms with Gasteiger partial charge < -0.3 is 4.74 Å². The maximum atomic E-state index is 12.5. The molecule has 0 bridgehead atoms. The lowest BCUT2D eigenvalue weighted by molar-refractivity contribution is 0.0991. The standard InChI is InChI=1S/C16H14BrClO4S/c1-22-14-8-5-11(9-13(14)18)16(19)15(17)10-3-6-12(7-4-10)23(2,20)21/h3-9,15H,1-2H3. The third-order valence-corrected chi connectivity index (χ3v) is 5.64. The zero-order chi connectivity index (χ0) is 17.2. The van der Waals surface area contributed by atoms with Gasteiger partial charge in [-0.1, -0.05) is 39.7 Å². The fourth-order valence-electron chi connectivity index (χ4n) is 2.00. The first-order valence-corrected chi connectivity index (χ1v) is 9.74. The van der Waals surface area contributed by atoms with Crippen LogP contribution in [-0.4, -0.2) is 27.6 Å². The summed E-state index contributed by atoms with van der Waals surface area (Å²) >= 11 is 9.39. The zero-order valence-electron chi connectivity index (χ0n) is 12.4. The van der Waals surface area contributed by atoms with E-state index >= 15 is 0 Å². The Kier molecular flexibility index (Phi) is 5.49. The van der Waals surface area contributed by atoms with E-state index < -0.39 is 14.7 Å². The van der Waals surface area contributed by atoms with E-state index in [-0.39, 0.29) is 10.7 Å². The van der Waals surface area contributed by atoms with Crippen LogP contribution in [-0.2, 0) is 9.84 Å². The Bertz CT molecular complexity index is 832. The van der Waals surface area contributed by atoms with Crippen molar-refractivity contribution < 1.29 is 17.9 Å². The number of carbonyl (C=O) groups excluding carboxylic acids is 1. The first kappa shape index (κ1) is 18.0. The van der Waals surface area contributed by atoms with Crippen LogP contribution in [0.1, 0.15) is 20.7 Å². The van der Waals surface area contributed by atoms with Crippen molar-refractivity contribution in [2.75, 3.05) is 13.4 Å². The fourth-order valence-corrected chi connectivity index (χ4v) is 3.46. The molecule has 0 N–H and O–H groups in total. The van der Waals surface area contributed by atoms with Crippen LogP contribution in [0.15, 0.2) is 47.4 Å². The third kappa shape index (κ3) is 4.13. The van der Waals surface area contributed by atoms with Gasteiger partial charge in [-0.25, -0.2) is 8.42 Å². The molecule has 1 atom stereocenters. The molecule has 0 aliphatic heterocycles. The summed E-state index contributed by atoms with van der Waals surface area (Å²) in [5.74, 6) is 0.313. The van der Waals surface area contributed by atoms with Gasteiger partial charge in [0.05, 0.1) is 17.0 Å². The molecular weight excluding hydrogens is 404 g/mol. The number of ether oxygens (including phenoxy) is 1. The molecule has 0 saturated carbocycles. The Hall–Kier alpha value is -1.37. The minimum absolute atomic E-state index is 0.179. The zero-order valence-corrected chi connectivity index (χ0v) is 15.6. The molecule has 0 fully saturated rings. The SMILES string of the molecule is COc1ccc(C(=O)C(Br)c2ccc(S(C)(=O)=O)cc2)cc1Cl. The third-order valence-electron chi connectivity index (χ3n) is 3.27. The number of halogens is 2. The summed E-state index contributed by atoms with van der Waals surface area (Å²) in [6.07, 6.45) is 1.14. The summed E-state index contributed by atoms with van der Waals surface area (Å²) in [5, 5.41) is 0.352. The molecule has 0 aliphatic carbocycles. The van der Waals surface area contributed by atoms with Gasteiger partial charge in [0.1, 0.15) is 10.6 Å². The first-order chi connectivity index (χ1) is 10.7. The summed E-state index contributed by atoms with van der Waals surface area (Å²) < 4.78 is 28.0. The summed E-state index contributed by atoms with van der Waals surface area (Å²) in [6.45, 7) is 0. The molecule has 7 heteroatoms. The molecule has 2 aromatic rings. The quantitative estimate of drug-likeness (QED) is 0.543.